The Morgan fingerprint density at radius 1 is 1.37 bits per heavy atom. The number of anilines is 2. The number of rotatable bonds is 5. The molecule has 0 aliphatic carbocycles. The maximum absolute atomic E-state index is 5.75. The SMILES string of the molecule is CCC(Nc1nc(N)nc(C(Cl)Cl)n1)c1cccs1. The molecule has 0 bridgehead atoms. The molecule has 2 aromatic rings. The fraction of sp³-hybridized carbons (Fsp3) is 0.364. The molecule has 102 valence electrons. The Bertz CT molecular complexity index is 532. The average Bonchev–Trinajstić information content (AvgIpc) is 2.89. The molecule has 0 amide bonds. The van der Waals surface area contributed by atoms with Crippen molar-refractivity contribution in [1.82, 2.24) is 15.0 Å². The van der Waals surface area contributed by atoms with Gasteiger partial charge in [0.15, 0.2) is 10.7 Å². The largest absolute Gasteiger partial charge is 0.368 e. The lowest BCUT2D eigenvalue weighted by atomic mass is 10.2. The van der Waals surface area contributed by atoms with E-state index < -0.39 is 4.84 Å². The van der Waals surface area contributed by atoms with Gasteiger partial charge in [0.05, 0.1) is 6.04 Å². The highest BCUT2D eigenvalue weighted by Gasteiger charge is 2.15. The Kier molecular flexibility index (Phi) is 4.79. The predicted molar refractivity (Wildman–Crippen MR) is 79.7 cm³/mol. The van der Waals surface area contributed by atoms with Crippen molar-refractivity contribution in [2.24, 2.45) is 0 Å². The van der Waals surface area contributed by atoms with E-state index >= 15 is 0 Å². The minimum absolute atomic E-state index is 0.0971. The number of halogens is 2. The first-order valence-corrected chi connectivity index (χ1v) is 7.45. The van der Waals surface area contributed by atoms with E-state index in [2.05, 4.69) is 33.3 Å². The number of nitrogen functional groups attached to an aromatic ring is 1. The fourth-order valence-corrected chi connectivity index (χ4v) is 2.65. The highest BCUT2D eigenvalue weighted by molar-refractivity contribution is 7.10. The lowest BCUT2D eigenvalue weighted by molar-refractivity contribution is 0.747. The third kappa shape index (κ3) is 3.68. The summed E-state index contributed by atoms with van der Waals surface area (Å²) in [5, 5.41) is 5.25. The smallest absolute Gasteiger partial charge is 0.228 e. The summed E-state index contributed by atoms with van der Waals surface area (Å²) in [5.41, 5.74) is 5.62. The van der Waals surface area contributed by atoms with Crippen LogP contribution in [0.2, 0.25) is 0 Å². The van der Waals surface area contributed by atoms with Crippen molar-refractivity contribution in [1.29, 1.82) is 0 Å². The summed E-state index contributed by atoms with van der Waals surface area (Å²) in [6.45, 7) is 2.08. The van der Waals surface area contributed by atoms with Crippen molar-refractivity contribution in [3.05, 3.63) is 28.2 Å². The molecule has 0 spiro atoms. The lowest BCUT2D eigenvalue weighted by Gasteiger charge is -2.16. The van der Waals surface area contributed by atoms with Crippen LogP contribution in [0, 0.1) is 0 Å². The molecule has 8 heteroatoms. The molecule has 3 N–H and O–H groups in total. The molecule has 1 atom stereocenters. The maximum atomic E-state index is 5.75. The molecule has 1 unspecified atom stereocenters. The lowest BCUT2D eigenvalue weighted by Crippen LogP contribution is -2.14. The van der Waals surface area contributed by atoms with Crippen molar-refractivity contribution in [2.75, 3.05) is 11.1 Å². The van der Waals surface area contributed by atoms with Crippen molar-refractivity contribution >= 4 is 46.4 Å². The average molecular weight is 318 g/mol. The number of alkyl halides is 2. The van der Waals surface area contributed by atoms with E-state index in [1.54, 1.807) is 11.3 Å². The van der Waals surface area contributed by atoms with E-state index in [1.807, 2.05) is 11.4 Å². The first-order chi connectivity index (χ1) is 9.10. The van der Waals surface area contributed by atoms with Gasteiger partial charge in [-0.2, -0.15) is 15.0 Å². The molecule has 2 heterocycles. The van der Waals surface area contributed by atoms with Gasteiger partial charge < -0.3 is 11.1 Å². The second-order valence-electron chi connectivity index (χ2n) is 3.80. The van der Waals surface area contributed by atoms with Gasteiger partial charge in [0.25, 0.3) is 0 Å². The van der Waals surface area contributed by atoms with Gasteiger partial charge in [-0.1, -0.05) is 36.2 Å². The number of hydrogen-bond donors (Lipinski definition) is 2. The monoisotopic (exact) mass is 317 g/mol. The molecule has 0 aliphatic rings. The molecular formula is C11H13Cl2N5S. The summed E-state index contributed by atoms with van der Waals surface area (Å²) < 4.78 is 0. The van der Waals surface area contributed by atoms with E-state index in [0.717, 1.165) is 6.42 Å². The van der Waals surface area contributed by atoms with Gasteiger partial charge in [0.2, 0.25) is 11.9 Å². The first kappa shape index (κ1) is 14.3. The number of thiophene rings is 1. The number of aromatic nitrogens is 3. The van der Waals surface area contributed by atoms with Gasteiger partial charge in [0.1, 0.15) is 0 Å². The van der Waals surface area contributed by atoms with Crippen molar-refractivity contribution < 1.29 is 0 Å². The zero-order valence-electron chi connectivity index (χ0n) is 10.2. The van der Waals surface area contributed by atoms with Crippen molar-refractivity contribution in [3.63, 3.8) is 0 Å². The summed E-state index contributed by atoms with van der Waals surface area (Å²) in [5.74, 6) is 0.730. The van der Waals surface area contributed by atoms with Gasteiger partial charge in [-0.25, -0.2) is 0 Å². The quantitative estimate of drug-likeness (QED) is 0.824. The second kappa shape index (κ2) is 6.36. The summed E-state index contributed by atoms with van der Waals surface area (Å²) >= 11 is 13.2. The number of hydrogen-bond acceptors (Lipinski definition) is 6. The second-order valence-corrected chi connectivity index (χ2v) is 5.87. The third-order valence-corrected chi connectivity index (χ3v) is 3.84. The normalized spacial score (nSPS) is 12.6. The minimum atomic E-state index is -0.826. The fourth-order valence-electron chi connectivity index (χ4n) is 1.59. The molecule has 0 saturated heterocycles. The van der Waals surface area contributed by atoms with Crippen LogP contribution in [0.25, 0.3) is 0 Å². The molecular weight excluding hydrogens is 305 g/mol. The summed E-state index contributed by atoms with van der Waals surface area (Å²) in [6.07, 6.45) is 0.895. The molecule has 0 fully saturated rings. The number of nitrogens with two attached hydrogens (primary N) is 1. The van der Waals surface area contributed by atoms with Crippen LogP contribution < -0.4 is 11.1 Å². The van der Waals surface area contributed by atoms with Crippen LogP contribution in [-0.2, 0) is 0 Å². The molecule has 0 aromatic carbocycles. The van der Waals surface area contributed by atoms with E-state index in [4.69, 9.17) is 28.9 Å². The molecule has 19 heavy (non-hydrogen) atoms. The van der Waals surface area contributed by atoms with E-state index in [9.17, 15) is 0 Å². The number of nitrogens with zero attached hydrogens (tertiary/aromatic N) is 3. The van der Waals surface area contributed by atoms with Gasteiger partial charge in [0, 0.05) is 4.88 Å². The highest BCUT2D eigenvalue weighted by Crippen LogP contribution is 2.26. The Morgan fingerprint density at radius 2 is 2.16 bits per heavy atom. The van der Waals surface area contributed by atoms with Gasteiger partial charge in [-0.05, 0) is 17.9 Å². The Morgan fingerprint density at radius 3 is 2.74 bits per heavy atom. The minimum Gasteiger partial charge on any atom is -0.368 e. The van der Waals surface area contributed by atoms with Crippen LogP contribution in [0.4, 0.5) is 11.9 Å². The van der Waals surface area contributed by atoms with Crippen LogP contribution in [0.15, 0.2) is 17.5 Å². The Labute approximate surface area is 125 Å². The molecule has 2 rings (SSSR count). The molecule has 2 aromatic heterocycles. The molecule has 0 saturated carbocycles. The summed E-state index contributed by atoms with van der Waals surface area (Å²) in [4.78, 5) is 12.5. The highest BCUT2D eigenvalue weighted by atomic mass is 35.5. The van der Waals surface area contributed by atoms with Gasteiger partial charge in [-0.3, -0.25) is 0 Å². The van der Waals surface area contributed by atoms with Crippen LogP contribution in [-0.4, -0.2) is 15.0 Å². The standard InChI is InChI=1S/C11H13Cl2N5S/c1-2-6(7-4-3-5-19-7)15-11-17-9(8(12)13)16-10(14)18-11/h3-6,8H,2H2,1H3,(H3,14,15,16,17,18). The van der Waals surface area contributed by atoms with Crippen molar-refractivity contribution in [3.8, 4) is 0 Å². The molecule has 0 aliphatic heterocycles. The van der Waals surface area contributed by atoms with Gasteiger partial charge in [-0.15, -0.1) is 11.3 Å². The van der Waals surface area contributed by atoms with Crippen LogP contribution in [0.5, 0.6) is 0 Å². The maximum Gasteiger partial charge on any atom is 0.228 e. The zero-order valence-corrected chi connectivity index (χ0v) is 12.5. The number of nitrogens with one attached hydrogen (secondary N) is 1. The van der Waals surface area contributed by atoms with E-state index in [1.165, 1.54) is 4.88 Å². The first-order valence-electron chi connectivity index (χ1n) is 5.69. The third-order valence-electron chi connectivity index (χ3n) is 2.46. The predicted octanol–water partition coefficient (Wildman–Crippen LogP) is 3.55. The van der Waals surface area contributed by atoms with Crippen LogP contribution >= 0.6 is 34.5 Å². The van der Waals surface area contributed by atoms with Crippen LogP contribution in [0.1, 0.15) is 34.9 Å². The summed E-state index contributed by atoms with van der Waals surface area (Å²) in [7, 11) is 0. The zero-order chi connectivity index (χ0) is 13.8. The van der Waals surface area contributed by atoms with E-state index in [-0.39, 0.29) is 17.8 Å². The van der Waals surface area contributed by atoms with Gasteiger partial charge >= 0.3 is 0 Å². The van der Waals surface area contributed by atoms with E-state index in [0.29, 0.717) is 5.95 Å². The molecule has 5 nitrogen and oxygen atoms in total. The Balaban J connectivity index is 2.22. The van der Waals surface area contributed by atoms with Crippen LogP contribution in [0.3, 0.4) is 0 Å². The van der Waals surface area contributed by atoms with Crippen molar-refractivity contribution in [2.45, 2.75) is 24.2 Å². The Hall–Kier alpha value is -1.11. The molecule has 0 radical (unpaired) electrons. The summed E-state index contributed by atoms with van der Waals surface area (Å²) in [6, 6.07) is 4.19. The topological polar surface area (TPSA) is 76.7 Å².